The lowest BCUT2D eigenvalue weighted by Crippen LogP contribution is -1.85. The van der Waals surface area contributed by atoms with Crippen LogP contribution in [-0.2, 0) is 0 Å². The van der Waals surface area contributed by atoms with Gasteiger partial charge in [0, 0.05) is 0 Å². The average Bonchev–Trinajstić information content (AvgIpc) is 2.04. The third kappa shape index (κ3) is 1.51. The van der Waals surface area contributed by atoms with Crippen LogP contribution in [0, 0.1) is 17.1 Å². The minimum absolute atomic E-state index is 0.0694. The molecule has 0 aliphatic heterocycles. The van der Waals surface area contributed by atoms with Crippen LogP contribution >= 0.6 is 0 Å². The van der Waals surface area contributed by atoms with Crippen LogP contribution in [0.15, 0.2) is 24.8 Å². The Morgan fingerprint density at radius 3 is 2.67 bits per heavy atom. The third-order valence-corrected chi connectivity index (χ3v) is 1.58. The van der Waals surface area contributed by atoms with E-state index >= 15 is 0 Å². The maximum atomic E-state index is 12.9. The molecule has 1 rings (SSSR count). The van der Waals surface area contributed by atoms with Crippen molar-refractivity contribution >= 4 is 5.57 Å². The lowest BCUT2D eigenvalue weighted by molar-refractivity contribution is 0.623. The maximum Gasteiger partial charge on any atom is 0.141 e. The highest BCUT2D eigenvalue weighted by Gasteiger charge is 2.01. The Labute approximate surface area is 70.8 Å². The Morgan fingerprint density at radius 2 is 2.25 bits per heavy atom. The zero-order valence-electron chi connectivity index (χ0n) is 6.76. The topological polar surface area (TPSA) is 23.8 Å². The fourth-order valence-electron chi connectivity index (χ4n) is 0.871. The highest BCUT2D eigenvalue weighted by molar-refractivity contribution is 5.62. The van der Waals surface area contributed by atoms with Crippen LogP contribution in [0.1, 0.15) is 18.1 Å². The van der Waals surface area contributed by atoms with E-state index in [-0.39, 0.29) is 5.56 Å². The first-order valence-corrected chi connectivity index (χ1v) is 3.50. The van der Waals surface area contributed by atoms with Crippen LogP contribution < -0.4 is 0 Å². The fraction of sp³-hybridized carbons (Fsp3) is 0.100. The van der Waals surface area contributed by atoms with E-state index in [1.165, 1.54) is 12.1 Å². The van der Waals surface area contributed by atoms with Crippen LogP contribution in [0.2, 0.25) is 0 Å². The van der Waals surface area contributed by atoms with Crippen LogP contribution in [-0.4, -0.2) is 0 Å². The molecule has 0 radical (unpaired) electrons. The van der Waals surface area contributed by atoms with E-state index in [2.05, 4.69) is 6.58 Å². The second kappa shape index (κ2) is 3.19. The summed E-state index contributed by atoms with van der Waals surface area (Å²) in [5, 5.41) is 8.44. The van der Waals surface area contributed by atoms with Crippen LogP contribution in [0.4, 0.5) is 4.39 Å². The third-order valence-electron chi connectivity index (χ3n) is 1.58. The summed E-state index contributed by atoms with van der Waals surface area (Å²) in [6, 6.07) is 6.22. The molecule has 0 amide bonds. The lowest BCUT2D eigenvalue weighted by Gasteiger charge is -1.99. The SMILES string of the molecule is C=C(C)c1ccc(C#N)c(F)c1. The van der Waals surface area contributed by atoms with Gasteiger partial charge in [0.1, 0.15) is 11.9 Å². The van der Waals surface area contributed by atoms with Gasteiger partial charge in [-0.2, -0.15) is 5.26 Å². The van der Waals surface area contributed by atoms with Gasteiger partial charge in [-0.05, 0) is 24.6 Å². The summed E-state index contributed by atoms with van der Waals surface area (Å²) in [5.41, 5.74) is 1.59. The summed E-state index contributed by atoms with van der Waals surface area (Å²) < 4.78 is 12.9. The second-order valence-electron chi connectivity index (χ2n) is 2.59. The number of allylic oxidation sites excluding steroid dienone is 1. The standard InChI is InChI=1S/C10H8FN/c1-7(2)8-3-4-9(6-12)10(11)5-8/h3-5H,1H2,2H3. The van der Waals surface area contributed by atoms with Gasteiger partial charge in [0.15, 0.2) is 0 Å². The number of hydrogen-bond donors (Lipinski definition) is 0. The van der Waals surface area contributed by atoms with Crippen molar-refractivity contribution < 1.29 is 4.39 Å². The van der Waals surface area contributed by atoms with Gasteiger partial charge in [-0.1, -0.05) is 18.2 Å². The molecule has 0 aliphatic carbocycles. The van der Waals surface area contributed by atoms with Crippen LogP contribution in [0.5, 0.6) is 0 Å². The maximum absolute atomic E-state index is 12.9. The minimum atomic E-state index is -0.488. The fourth-order valence-corrected chi connectivity index (χ4v) is 0.871. The molecular formula is C10H8FN. The monoisotopic (exact) mass is 161 g/mol. The lowest BCUT2D eigenvalue weighted by atomic mass is 10.1. The van der Waals surface area contributed by atoms with Crippen molar-refractivity contribution in [2.45, 2.75) is 6.92 Å². The van der Waals surface area contributed by atoms with Crippen molar-refractivity contribution in [2.24, 2.45) is 0 Å². The smallest absolute Gasteiger partial charge is 0.141 e. The van der Waals surface area contributed by atoms with Gasteiger partial charge in [-0.15, -0.1) is 0 Å². The molecule has 12 heavy (non-hydrogen) atoms. The number of hydrogen-bond acceptors (Lipinski definition) is 1. The van der Waals surface area contributed by atoms with Crippen LogP contribution in [0.25, 0.3) is 5.57 Å². The summed E-state index contributed by atoms with van der Waals surface area (Å²) in [7, 11) is 0. The molecule has 1 nitrogen and oxygen atoms in total. The summed E-state index contributed by atoms with van der Waals surface area (Å²) in [4.78, 5) is 0. The van der Waals surface area contributed by atoms with Crippen molar-refractivity contribution in [3.05, 3.63) is 41.7 Å². The molecular weight excluding hydrogens is 153 g/mol. The average molecular weight is 161 g/mol. The molecule has 0 fully saturated rings. The Morgan fingerprint density at radius 1 is 1.58 bits per heavy atom. The molecule has 60 valence electrons. The van der Waals surface area contributed by atoms with E-state index in [0.717, 1.165) is 11.1 Å². The first-order valence-electron chi connectivity index (χ1n) is 3.50. The number of rotatable bonds is 1. The van der Waals surface area contributed by atoms with E-state index in [1.54, 1.807) is 19.1 Å². The largest absolute Gasteiger partial charge is 0.206 e. The highest BCUT2D eigenvalue weighted by Crippen LogP contribution is 2.15. The molecule has 1 aromatic rings. The van der Waals surface area contributed by atoms with Crippen molar-refractivity contribution in [3.8, 4) is 6.07 Å². The van der Waals surface area contributed by atoms with Crippen molar-refractivity contribution in [2.75, 3.05) is 0 Å². The number of benzene rings is 1. The summed E-state index contributed by atoms with van der Waals surface area (Å²) in [5.74, 6) is -0.488. The second-order valence-corrected chi connectivity index (χ2v) is 2.59. The van der Waals surface area contributed by atoms with E-state index in [0.29, 0.717) is 0 Å². The summed E-state index contributed by atoms with van der Waals surface area (Å²) in [6.45, 7) is 5.46. The predicted octanol–water partition coefficient (Wildman–Crippen LogP) is 2.73. The Hall–Kier alpha value is -1.62. The highest BCUT2D eigenvalue weighted by atomic mass is 19.1. The number of nitriles is 1. The van der Waals surface area contributed by atoms with Gasteiger partial charge in [-0.25, -0.2) is 4.39 Å². The quantitative estimate of drug-likeness (QED) is 0.621. The van der Waals surface area contributed by atoms with Gasteiger partial charge in [0.25, 0.3) is 0 Å². The van der Waals surface area contributed by atoms with Crippen molar-refractivity contribution in [1.29, 1.82) is 5.26 Å². The molecule has 0 heterocycles. The molecule has 0 unspecified atom stereocenters. The van der Waals surface area contributed by atoms with Gasteiger partial charge in [-0.3, -0.25) is 0 Å². The van der Waals surface area contributed by atoms with E-state index in [4.69, 9.17) is 5.26 Å². The summed E-state index contributed by atoms with van der Waals surface area (Å²) >= 11 is 0. The Kier molecular flexibility index (Phi) is 2.25. The van der Waals surface area contributed by atoms with Gasteiger partial charge in [0.05, 0.1) is 5.56 Å². The zero-order valence-corrected chi connectivity index (χ0v) is 6.76. The predicted molar refractivity (Wildman–Crippen MR) is 45.8 cm³/mol. The zero-order chi connectivity index (χ0) is 9.14. The molecule has 0 spiro atoms. The van der Waals surface area contributed by atoms with Gasteiger partial charge in [0.2, 0.25) is 0 Å². The summed E-state index contributed by atoms with van der Waals surface area (Å²) in [6.07, 6.45) is 0. The first-order chi connectivity index (χ1) is 5.65. The van der Waals surface area contributed by atoms with Crippen molar-refractivity contribution in [3.63, 3.8) is 0 Å². The van der Waals surface area contributed by atoms with E-state index in [1.807, 2.05) is 0 Å². The molecule has 0 saturated heterocycles. The van der Waals surface area contributed by atoms with Gasteiger partial charge < -0.3 is 0 Å². The molecule has 0 aromatic heterocycles. The molecule has 1 aromatic carbocycles. The molecule has 0 saturated carbocycles. The number of nitrogens with zero attached hydrogens (tertiary/aromatic N) is 1. The number of halogens is 1. The van der Waals surface area contributed by atoms with E-state index < -0.39 is 5.82 Å². The molecule has 2 heteroatoms. The Balaban J connectivity index is 3.21. The van der Waals surface area contributed by atoms with Gasteiger partial charge >= 0.3 is 0 Å². The first kappa shape index (κ1) is 8.48. The van der Waals surface area contributed by atoms with E-state index in [9.17, 15) is 4.39 Å². The minimum Gasteiger partial charge on any atom is -0.206 e. The molecule has 0 bridgehead atoms. The van der Waals surface area contributed by atoms with Crippen molar-refractivity contribution in [1.82, 2.24) is 0 Å². The normalized spacial score (nSPS) is 9.08. The van der Waals surface area contributed by atoms with Crippen LogP contribution in [0.3, 0.4) is 0 Å². The Bertz CT molecular complexity index is 361. The molecule has 0 N–H and O–H groups in total. The molecule has 0 aliphatic rings. The molecule has 0 atom stereocenters.